The zero-order valence-corrected chi connectivity index (χ0v) is 16.6. The summed E-state index contributed by atoms with van der Waals surface area (Å²) in [5, 5.41) is 18.7. The molecule has 2 rings (SSSR count). The second kappa shape index (κ2) is 8.60. The maximum absolute atomic E-state index is 13.7. The average Bonchev–Trinajstić information content (AvgIpc) is 2.94. The van der Waals surface area contributed by atoms with E-state index in [0.717, 1.165) is 17.0 Å². The number of halogens is 1. The van der Waals surface area contributed by atoms with E-state index in [1.165, 1.54) is 24.6 Å². The maximum Gasteiger partial charge on any atom is 0.300 e. The number of benzene rings is 1. The lowest BCUT2D eigenvalue weighted by atomic mass is 10.0. The van der Waals surface area contributed by atoms with Crippen LogP contribution in [0, 0.1) is 43.3 Å². The summed E-state index contributed by atoms with van der Waals surface area (Å²) < 4.78 is 15.1. The van der Waals surface area contributed by atoms with Crippen molar-refractivity contribution in [2.45, 2.75) is 19.9 Å². The number of ketones is 1. The summed E-state index contributed by atoms with van der Waals surface area (Å²) in [4.78, 5) is 38.8. The van der Waals surface area contributed by atoms with Gasteiger partial charge in [0.1, 0.15) is 23.6 Å². The minimum atomic E-state index is -1.25. The Hall–Kier alpha value is -3.95. The highest BCUT2D eigenvalue weighted by Crippen LogP contribution is 2.26. The van der Waals surface area contributed by atoms with E-state index in [4.69, 9.17) is 17.4 Å². The average molecular weight is 410 g/mol. The predicted molar refractivity (Wildman–Crippen MR) is 106 cm³/mol. The van der Waals surface area contributed by atoms with Gasteiger partial charge in [0.15, 0.2) is 0 Å². The van der Waals surface area contributed by atoms with Crippen LogP contribution in [-0.4, -0.2) is 39.9 Å². The van der Waals surface area contributed by atoms with Gasteiger partial charge >= 0.3 is 5.91 Å². The molecule has 0 aliphatic rings. The van der Waals surface area contributed by atoms with E-state index in [1.54, 1.807) is 13.0 Å². The van der Waals surface area contributed by atoms with Gasteiger partial charge in [-0.25, -0.2) is 4.39 Å². The summed E-state index contributed by atoms with van der Waals surface area (Å²) in [5.41, 5.74) is 5.56. The van der Waals surface area contributed by atoms with Crippen molar-refractivity contribution in [3.63, 3.8) is 0 Å². The third kappa shape index (κ3) is 3.66. The zero-order valence-electron chi connectivity index (χ0n) is 16.6. The number of carbonyl (C=O) groups is 3. The molecule has 0 unspecified atom stereocenters. The number of nitrogens with zero attached hydrogens (tertiary/aromatic N) is 3. The highest BCUT2D eigenvalue weighted by molar-refractivity contribution is 6.48. The number of hydrogen-bond acceptors (Lipinski definition) is 5. The summed E-state index contributed by atoms with van der Waals surface area (Å²) in [7, 11) is 1.53. The molecule has 0 fully saturated rings. The Bertz CT molecular complexity index is 1140. The molecule has 0 radical (unpaired) electrons. The lowest BCUT2D eigenvalue weighted by Crippen LogP contribution is -2.45. The number of nitriles is 1. The van der Waals surface area contributed by atoms with Crippen LogP contribution in [0.4, 0.5) is 10.1 Å². The van der Waals surface area contributed by atoms with Gasteiger partial charge in [-0.15, -0.1) is 6.42 Å². The Morgan fingerprint density at radius 1 is 1.37 bits per heavy atom. The van der Waals surface area contributed by atoms with Gasteiger partial charge in [0.25, 0.3) is 11.7 Å². The number of rotatable bonds is 6. The molecule has 1 aromatic carbocycles. The van der Waals surface area contributed by atoms with Gasteiger partial charge in [0, 0.05) is 18.4 Å². The van der Waals surface area contributed by atoms with Gasteiger partial charge in [-0.2, -0.15) is 5.26 Å². The van der Waals surface area contributed by atoms with Crippen LogP contribution in [0.3, 0.4) is 0 Å². The fraction of sp³-hybridized carbons (Fsp3) is 0.238. The number of aliphatic hydroxyl groups is 1. The maximum atomic E-state index is 13.7. The SMILES string of the molecule is C#C[C@H](CO)N(C(=O)C(=O)c1c(C)c(C(N)=O)n(C)c1C)c1ccc(F)c(C#N)c1. The van der Waals surface area contributed by atoms with Crippen LogP contribution in [0.15, 0.2) is 18.2 Å². The minimum Gasteiger partial charge on any atom is -0.393 e. The number of aromatic nitrogens is 1. The Kier molecular flexibility index (Phi) is 6.40. The second-order valence-electron chi connectivity index (χ2n) is 6.50. The molecule has 0 spiro atoms. The van der Waals surface area contributed by atoms with E-state index in [1.807, 2.05) is 0 Å². The number of aliphatic hydroxyl groups excluding tert-OH is 1. The van der Waals surface area contributed by atoms with Gasteiger partial charge in [-0.3, -0.25) is 19.3 Å². The molecular formula is C21H19FN4O4. The first-order valence-electron chi connectivity index (χ1n) is 8.70. The molecule has 1 heterocycles. The van der Waals surface area contributed by atoms with Crippen LogP contribution in [0.5, 0.6) is 0 Å². The number of nitrogens with two attached hydrogens (primary N) is 1. The third-order valence-electron chi connectivity index (χ3n) is 4.83. The minimum absolute atomic E-state index is 0.0300. The molecule has 0 saturated heterocycles. The van der Waals surface area contributed by atoms with Gasteiger partial charge in [-0.1, -0.05) is 5.92 Å². The second-order valence-corrected chi connectivity index (χ2v) is 6.50. The van der Waals surface area contributed by atoms with E-state index in [0.29, 0.717) is 5.69 Å². The third-order valence-corrected chi connectivity index (χ3v) is 4.83. The fourth-order valence-corrected chi connectivity index (χ4v) is 3.27. The summed E-state index contributed by atoms with van der Waals surface area (Å²) >= 11 is 0. The zero-order chi connectivity index (χ0) is 22.7. The number of terminal acetylenes is 1. The summed E-state index contributed by atoms with van der Waals surface area (Å²) in [6.07, 6.45) is 5.41. The first-order valence-corrected chi connectivity index (χ1v) is 8.70. The van der Waals surface area contributed by atoms with Crippen LogP contribution < -0.4 is 10.6 Å². The van der Waals surface area contributed by atoms with Crippen molar-refractivity contribution < 1.29 is 23.9 Å². The molecular weight excluding hydrogens is 391 g/mol. The Morgan fingerprint density at radius 2 is 2.00 bits per heavy atom. The van der Waals surface area contributed by atoms with Crippen LogP contribution in [-0.2, 0) is 11.8 Å². The van der Waals surface area contributed by atoms with Crippen molar-refractivity contribution in [1.82, 2.24) is 4.57 Å². The lowest BCUT2D eigenvalue weighted by Gasteiger charge is -2.27. The molecule has 2 amide bonds. The molecule has 0 aliphatic heterocycles. The number of primary amides is 1. The fourth-order valence-electron chi connectivity index (χ4n) is 3.27. The van der Waals surface area contributed by atoms with Crippen molar-refractivity contribution in [2.24, 2.45) is 12.8 Å². The first kappa shape index (κ1) is 22.3. The Morgan fingerprint density at radius 3 is 2.47 bits per heavy atom. The Labute approximate surface area is 172 Å². The van der Waals surface area contributed by atoms with Crippen LogP contribution in [0.1, 0.15) is 37.7 Å². The molecule has 9 heteroatoms. The first-order chi connectivity index (χ1) is 14.1. The summed E-state index contributed by atoms with van der Waals surface area (Å²) in [6.45, 7) is 2.34. The number of Topliss-reactive ketones (excluding diaryl/α,β-unsaturated/α-hetero) is 1. The molecule has 0 saturated carbocycles. The standard InChI is InChI=1S/C21H19FN4O4/c1-5-14(10-27)26(15-6-7-16(22)13(8-15)9-23)21(30)19(28)17-11(2)18(20(24)29)25(4)12(17)3/h1,6-8,14,27H,10H2,2-4H3,(H2,24,29)/t14-/m1/s1. The number of carbonyl (C=O) groups excluding carboxylic acids is 3. The van der Waals surface area contributed by atoms with Gasteiger partial charge in [0.2, 0.25) is 0 Å². The monoisotopic (exact) mass is 410 g/mol. The molecule has 0 bridgehead atoms. The van der Waals surface area contributed by atoms with Gasteiger partial charge in [-0.05, 0) is 37.6 Å². The lowest BCUT2D eigenvalue weighted by molar-refractivity contribution is -0.115. The Balaban J connectivity index is 2.65. The van der Waals surface area contributed by atoms with E-state index < -0.39 is 36.1 Å². The van der Waals surface area contributed by atoms with Gasteiger partial charge < -0.3 is 15.4 Å². The van der Waals surface area contributed by atoms with E-state index in [9.17, 15) is 23.9 Å². The summed E-state index contributed by atoms with van der Waals surface area (Å²) in [6, 6.07) is 3.56. The molecule has 1 aromatic heterocycles. The van der Waals surface area contributed by atoms with E-state index in [-0.39, 0.29) is 28.1 Å². The normalized spacial score (nSPS) is 11.3. The molecule has 0 aliphatic carbocycles. The quantitative estimate of drug-likeness (QED) is 0.416. The van der Waals surface area contributed by atoms with Crippen molar-refractivity contribution in [2.75, 3.05) is 11.5 Å². The molecule has 154 valence electrons. The number of amides is 2. The highest BCUT2D eigenvalue weighted by Gasteiger charge is 2.34. The number of anilines is 1. The van der Waals surface area contributed by atoms with E-state index in [2.05, 4.69) is 5.92 Å². The molecule has 8 nitrogen and oxygen atoms in total. The molecule has 2 aromatic rings. The van der Waals surface area contributed by atoms with Crippen LogP contribution >= 0.6 is 0 Å². The van der Waals surface area contributed by atoms with Crippen molar-refractivity contribution in [1.29, 1.82) is 5.26 Å². The molecule has 1 atom stereocenters. The summed E-state index contributed by atoms with van der Waals surface area (Å²) in [5.74, 6) is -1.50. The van der Waals surface area contributed by atoms with Crippen molar-refractivity contribution >= 4 is 23.3 Å². The van der Waals surface area contributed by atoms with Gasteiger partial charge in [0.05, 0.1) is 17.7 Å². The van der Waals surface area contributed by atoms with E-state index >= 15 is 0 Å². The predicted octanol–water partition coefficient (Wildman–Crippen LogP) is 0.962. The molecule has 30 heavy (non-hydrogen) atoms. The van der Waals surface area contributed by atoms with Crippen LogP contribution in [0.25, 0.3) is 0 Å². The smallest absolute Gasteiger partial charge is 0.300 e. The van der Waals surface area contributed by atoms with Crippen LogP contribution in [0.2, 0.25) is 0 Å². The number of hydrogen-bond donors (Lipinski definition) is 2. The molecule has 3 N–H and O–H groups in total. The topological polar surface area (TPSA) is 129 Å². The largest absolute Gasteiger partial charge is 0.393 e. The van der Waals surface area contributed by atoms with Crippen molar-refractivity contribution in [3.05, 3.63) is 52.1 Å². The van der Waals surface area contributed by atoms with Crippen molar-refractivity contribution in [3.8, 4) is 18.4 Å². The highest BCUT2D eigenvalue weighted by atomic mass is 19.1.